The summed E-state index contributed by atoms with van der Waals surface area (Å²) in [4.78, 5) is 0. The first-order valence-corrected chi connectivity index (χ1v) is 6.52. The van der Waals surface area contributed by atoms with Crippen molar-refractivity contribution in [3.8, 4) is 0 Å². The van der Waals surface area contributed by atoms with Crippen LogP contribution in [0, 0.1) is 10.8 Å². The minimum atomic E-state index is -0.159. The van der Waals surface area contributed by atoms with Crippen molar-refractivity contribution in [2.45, 2.75) is 45.3 Å². The quantitative estimate of drug-likeness (QED) is 0.341. The third-order valence-electron chi connectivity index (χ3n) is 2.58. The molecule has 0 aromatic rings. The molecule has 3 nitrogen and oxygen atoms in total. The molecule has 0 saturated carbocycles. The highest BCUT2D eigenvalue weighted by atomic mass is 32.2. The Labute approximate surface area is 97.3 Å². The molecule has 1 unspecified atom stereocenters. The lowest BCUT2D eigenvalue weighted by Gasteiger charge is -2.22. The number of rotatable bonds is 8. The second-order valence-corrected chi connectivity index (χ2v) is 6.16. The van der Waals surface area contributed by atoms with Gasteiger partial charge in [-0.1, -0.05) is 27.2 Å². The van der Waals surface area contributed by atoms with Crippen LogP contribution in [0.15, 0.2) is 0 Å². The molecule has 0 aliphatic rings. The van der Waals surface area contributed by atoms with Crippen molar-refractivity contribution < 1.29 is 5.11 Å². The SMILES string of the molecule is CC(CO)SCCCCC(C)(C)C(=N)N. The molecule has 0 aromatic heterocycles. The molecule has 0 aromatic carbocycles. The zero-order valence-corrected chi connectivity index (χ0v) is 10.9. The molecule has 90 valence electrons. The van der Waals surface area contributed by atoms with Crippen molar-refractivity contribution in [2.24, 2.45) is 11.1 Å². The Balaban J connectivity index is 3.51. The first-order valence-electron chi connectivity index (χ1n) is 5.47. The topological polar surface area (TPSA) is 70.1 Å². The van der Waals surface area contributed by atoms with Gasteiger partial charge in [0.05, 0.1) is 12.4 Å². The van der Waals surface area contributed by atoms with Gasteiger partial charge in [0.25, 0.3) is 0 Å². The average molecular weight is 232 g/mol. The van der Waals surface area contributed by atoms with E-state index >= 15 is 0 Å². The van der Waals surface area contributed by atoms with E-state index in [-0.39, 0.29) is 17.9 Å². The van der Waals surface area contributed by atoms with Crippen LogP contribution < -0.4 is 5.73 Å². The Bertz CT molecular complexity index is 195. The first kappa shape index (κ1) is 14.8. The normalized spacial score (nSPS) is 13.9. The minimum absolute atomic E-state index is 0.159. The van der Waals surface area contributed by atoms with E-state index in [0.717, 1.165) is 25.0 Å². The van der Waals surface area contributed by atoms with Crippen molar-refractivity contribution in [2.75, 3.05) is 12.4 Å². The summed E-state index contributed by atoms with van der Waals surface area (Å²) < 4.78 is 0. The van der Waals surface area contributed by atoms with Gasteiger partial charge in [0.2, 0.25) is 0 Å². The van der Waals surface area contributed by atoms with Gasteiger partial charge in [0.15, 0.2) is 0 Å². The van der Waals surface area contributed by atoms with E-state index in [1.54, 1.807) is 11.8 Å². The molecule has 0 amide bonds. The van der Waals surface area contributed by atoms with Crippen molar-refractivity contribution in [3.05, 3.63) is 0 Å². The van der Waals surface area contributed by atoms with E-state index in [9.17, 15) is 0 Å². The zero-order chi connectivity index (χ0) is 11.9. The van der Waals surface area contributed by atoms with E-state index in [1.165, 1.54) is 0 Å². The maximum Gasteiger partial charge on any atom is 0.0963 e. The summed E-state index contributed by atoms with van der Waals surface area (Å²) in [7, 11) is 0. The molecule has 4 heteroatoms. The molecule has 0 aliphatic heterocycles. The summed E-state index contributed by atoms with van der Waals surface area (Å²) in [6, 6.07) is 0. The standard InChI is InChI=1S/C11H24N2OS/c1-9(8-14)15-7-5-4-6-11(2,3)10(12)13/h9,14H,4-8H2,1-3H3,(H3,12,13). The lowest BCUT2D eigenvalue weighted by atomic mass is 9.86. The number of aliphatic hydroxyl groups excluding tert-OH is 1. The Morgan fingerprint density at radius 1 is 1.47 bits per heavy atom. The molecule has 0 spiro atoms. The second kappa shape index (κ2) is 7.12. The van der Waals surface area contributed by atoms with Crippen molar-refractivity contribution in [3.63, 3.8) is 0 Å². The van der Waals surface area contributed by atoms with Crippen LogP contribution >= 0.6 is 11.8 Å². The third kappa shape index (κ3) is 6.79. The minimum Gasteiger partial charge on any atom is -0.395 e. The maximum absolute atomic E-state index is 8.83. The van der Waals surface area contributed by atoms with E-state index in [2.05, 4.69) is 0 Å². The Morgan fingerprint density at radius 3 is 2.53 bits per heavy atom. The molecule has 4 N–H and O–H groups in total. The van der Waals surface area contributed by atoms with Crippen LogP contribution in [0.5, 0.6) is 0 Å². The summed E-state index contributed by atoms with van der Waals surface area (Å²) in [5, 5.41) is 16.6. The van der Waals surface area contributed by atoms with Crippen LogP contribution in [-0.4, -0.2) is 28.6 Å². The van der Waals surface area contributed by atoms with Crippen LogP contribution in [0.25, 0.3) is 0 Å². The molecule has 0 radical (unpaired) electrons. The molecule has 0 bridgehead atoms. The first-order chi connectivity index (χ1) is 6.90. The van der Waals surface area contributed by atoms with Gasteiger partial charge in [-0.05, 0) is 18.6 Å². The van der Waals surface area contributed by atoms with Crippen molar-refractivity contribution in [1.82, 2.24) is 0 Å². The highest BCUT2D eigenvalue weighted by molar-refractivity contribution is 7.99. The summed E-state index contributed by atoms with van der Waals surface area (Å²) in [5.74, 6) is 1.36. The number of hydrogen-bond donors (Lipinski definition) is 3. The van der Waals surface area contributed by atoms with Crippen LogP contribution in [0.2, 0.25) is 0 Å². The second-order valence-electron chi connectivity index (χ2n) is 4.62. The summed E-state index contributed by atoms with van der Waals surface area (Å²) >= 11 is 1.80. The number of thioether (sulfide) groups is 1. The van der Waals surface area contributed by atoms with E-state index in [0.29, 0.717) is 5.25 Å². The van der Waals surface area contributed by atoms with Gasteiger partial charge in [-0.3, -0.25) is 5.41 Å². The molecule has 15 heavy (non-hydrogen) atoms. The number of hydrogen-bond acceptors (Lipinski definition) is 3. The third-order valence-corrected chi connectivity index (χ3v) is 3.83. The lowest BCUT2D eigenvalue weighted by molar-refractivity contribution is 0.300. The molecule has 0 aliphatic carbocycles. The predicted octanol–water partition coefficient (Wildman–Crippen LogP) is 2.23. The van der Waals surface area contributed by atoms with Gasteiger partial charge in [-0.15, -0.1) is 0 Å². The lowest BCUT2D eigenvalue weighted by Crippen LogP contribution is -2.30. The smallest absolute Gasteiger partial charge is 0.0963 e. The van der Waals surface area contributed by atoms with Gasteiger partial charge in [0.1, 0.15) is 0 Å². The van der Waals surface area contributed by atoms with E-state index in [1.807, 2.05) is 20.8 Å². The van der Waals surface area contributed by atoms with Crippen LogP contribution in [0.3, 0.4) is 0 Å². The van der Waals surface area contributed by atoms with Gasteiger partial charge >= 0.3 is 0 Å². The van der Waals surface area contributed by atoms with E-state index < -0.39 is 0 Å². The average Bonchev–Trinajstić information content (AvgIpc) is 2.16. The molecular weight excluding hydrogens is 208 g/mol. The van der Waals surface area contributed by atoms with Crippen LogP contribution in [-0.2, 0) is 0 Å². The van der Waals surface area contributed by atoms with Crippen LogP contribution in [0.1, 0.15) is 40.0 Å². The molecular formula is C11H24N2OS. The van der Waals surface area contributed by atoms with Gasteiger partial charge in [-0.2, -0.15) is 11.8 Å². The van der Waals surface area contributed by atoms with Gasteiger partial charge < -0.3 is 10.8 Å². The fourth-order valence-corrected chi connectivity index (χ4v) is 2.02. The number of amidine groups is 1. The number of nitrogens with two attached hydrogens (primary N) is 1. The molecule has 0 rings (SSSR count). The van der Waals surface area contributed by atoms with Crippen molar-refractivity contribution in [1.29, 1.82) is 5.41 Å². The summed E-state index contributed by atoms with van der Waals surface area (Å²) in [6.07, 6.45) is 3.19. The highest BCUT2D eigenvalue weighted by Gasteiger charge is 2.20. The number of unbranched alkanes of at least 4 members (excludes halogenated alkanes) is 1. The summed E-state index contributed by atoms with van der Waals surface area (Å²) in [6.45, 7) is 6.31. The molecule has 0 saturated heterocycles. The maximum atomic E-state index is 8.83. The Kier molecular flexibility index (Phi) is 7.02. The molecule has 1 atom stereocenters. The number of nitrogens with one attached hydrogen (secondary N) is 1. The van der Waals surface area contributed by atoms with Gasteiger partial charge in [-0.25, -0.2) is 0 Å². The largest absolute Gasteiger partial charge is 0.395 e. The van der Waals surface area contributed by atoms with Gasteiger partial charge in [0, 0.05) is 10.7 Å². The highest BCUT2D eigenvalue weighted by Crippen LogP contribution is 2.23. The Morgan fingerprint density at radius 2 is 2.07 bits per heavy atom. The number of aliphatic hydroxyl groups is 1. The fraction of sp³-hybridized carbons (Fsp3) is 0.909. The van der Waals surface area contributed by atoms with Crippen molar-refractivity contribution >= 4 is 17.6 Å². The van der Waals surface area contributed by atoms with E-state index in [4.69, 9.17) is 16.2 Å². The molecule has 0 heterocycles. The predicted molar refractivity (Wildman–Crippen MR) is 68.6 cm³/mol. The summed E-state index contributed by atoms with van der Waals surface area (Å²) in [5.41, 5.74) is 5.34. The Hall–Kier alpha value is -0.220. The monoisotopic (exact) mass is 232 g/mol. The zero-order valence-electron chi connectivity index (χ0n) is 10.0. The van der Waals surface area contributed by atoms with Crippen LogP contribution in [0.4, 0.5) is 0 Å². The fourth-order valence-electron chi connectivity index (χ4n) is 1.14. The molecule has 0 fully saturated rings.